The van der Waals surface area contributed by atoms with Crippen LogP contribution >= 0.6 is 11.6 Å². The molecule has 168 valence electrons. The average Bonchev–Trinajstić information content (AvgIpc) is 2.83. The quantitative estimate of drug-likeness (QED) is 0.555. The predicted octanol–water partition coefficient (Wildman–Crippen LogP) is 3.88. The Morgan fingerprint density at radius 1 is 0.938 bits per heavy atom. The van der Waals surface area contributed by atoms with Gasteiger partial charge in [0.25, 0.3) is 0 Å². The van der Waals surface area contributed by atoms with Crippen molar-refractivity contribution in [3.8, 4) is 11.3 Å². The molecule has 2 aliphatic heterocycles. The van der Waals surface area contributed by atoms with Crippen molar-refractivity contribution >= 4 is 34.4 Å². The van der Waals surface area contributed by atoms with E-state index in [1.807, 2.05) is 18.2 Å². The Kier molecular flexibility index (Phi) is 6.13. The van der Waals surface area contributed by atoms with Crippen LogP contribution in [-0.4, -0.2) is 66.6 Å². The van der Waals surface area contributed by atoms with Crippen LogP contribution in [0.2, 0.25) is 0 Å². The molecule has 0 radical (unpaired) electrons. The lowest BCUT2D eigenvalue weighted by Gasteiger charge is -2.37. The van der Waals surface area contributed by atoms with Crippen LogP contribution in [-0.2, 0) is 15.4 Å². The van der Waals surface area contributed by atoms with Gasteiger partial charge in [-0.2, -0.15) is 9.97 Å². The molecule has 0 aliphatic carbocycles. The van der Waals surface area contributed by atoms with Crippen molar-refractivity contribution in [2.24, 2.45) is 0 Å². The number of hydrogen-bond donors (Lipinski definition) is 0. The van der Waals surface area contributed by atoms with Crippen molar-refractivity contribution in [3.63, 3.8) is 0 Å². The zero-order chi connectivity index (χ0) is 22.1. The molecule has 5 rings (SSSR count). The van der Waals surface area contributed by atoms with Gasteiger partial charge in [-0.1, -0.05) is 18.2 Å². The van der Waals surface area contributed by atoms with Crippen LogP contribution in [0.4, 0.5) is 11.8 Å². The summed E-state index contributed by atoms with van der Waals surface area (Å²) >= 11 is 6.05. The molecule has 4 heterocycles. The molecule has 2 atom stereocenters. The maximum atomic E-state index is 6.05. The van der Waals surface area contributed by atoms with Gasteiger partial charge < -0.3 is 19.3 Å². The van der Waals surface area contributed by atoms with Crippen molar-refractivity contribution < 1.29 is 9.47 Å². The van der Waals surface area contributed by atoms with E-state index in [0.717, 1.165) is 41.1 Å². The number of ether oxygens (including phenoxy) is 2. The average molecular weight is 454 g/mol. The molecule has 0 saturated carbocycles. The van der Waals surface area contributed by atoms with E-state index in [-0.39, 0.29) is 12.1 Å². The summed E-state index contributed by atoms with van der Waals surface area (Å²) in [5.74, 6) is 2.11. The van der Waals surface area contributed by atoms with Gasteiger partial charge in [0.1, 0.15) is 5.82 Å². The van der Waals surface area contributed by atoms with Crippen LogP contribution in [0, 0.1) is 0 Å². The van der Waals surface area contributed by atoms with Gasteiger partial charge in [-0.05, 0) is 37.6 Å². The predicted molar refractivity (Wildman–Crippen MR) is 128 cm³/mol. The Labute approximate surface area is 193 Å². The summed E-state index contributed by atoms with van der Waals surface area (Å²) in [7, 11) is 0. The Bertz CT molecular complexity index is 1110. The van der Waals surface area contributed by atoms with Gasteiger partial charge >= 0.3 is 0 Å². The summed E-state index contributed by atoms with van der Waals surface area (Å²) < 4.78 is 11.3. The maximum Gasteiger partial charge on any atom is 0.229 e. The van der Waals surface area contributed by atoms with Crippen LogP contribution in [0.1, 0.15) is 19.4 Å². The van der Waals surface area contributed by atoms with Crippen molar-refractivity contribution in [2.75, 3.05) is 49.3 Å². The van der Waals surface area contributed by atoms with Gasteiger partial charge in [0, 0.05) is 24.5 Å². The van der Waals surface area contributed by atoms with Crippen LogP contribution in [0.25, 0.3) is 22.3 Å². The molecule has 0 spiro atoms. The molecule has 0 unspecified atom stereocenters. The van der Waals surface area contributed by atoms with E-state index in [2.05, 4.69) is 41.8 Å². The molecular formula is C24H28ClN5O2. The number of halogens is 1. The minimum atomic E-state index is 0.208. The highest BCUT2D eigenvalue weighted by atomic mass is 35.5. The fraction of sp³-hybridized carbons (Fsp3) is 0.458. The third kappa shape index (κ3) is 4.12. The number of benzene rings is 1. The highest BCUT2D eigenvalue weighted by molar-refractivity contribution is 6.17. The molecule has 3 aromatic rings. The first-order valence-corrected chi connectivity index (χ1v) is 11.7. The molecular weight excluding hydrogens is 426 g/mol. The number of rotatable bonds is 4. The van der Waals surface area contributed by atoms with Crippen LogP contribution < -0.4 is 9.80 Å². The van der Waals surface area contributed by atoms with E-state index in [1.165, 1.54) is 0 Å². The fourth-order valence-corrected chi connectivity index (χ4v) is 4.54. The largest absolute Gasteiger partial charge is 0.377 e. The van der Waals surface area contributed by atoms with E-state index in [0.29, 0.717) is 43.9 Å². The number of fused-ring (bicyclic) bond motifs is 1. The van der Waals surface area contributed by atoms with E-state index in [9.17, 15) is 0 Å². The number of hydrogen-bond acceptors (Lipinski definition) is 7. The van der Waals surface area contributed by atoms with Crippen LogP contribution in [0.15, 0.2) is 36.4 Å². The molecule has 0 bridgehead atoms. The first-order valence-electron chi connectivity index (χ1n) is 11.2. The standard InChI is InChI=1S/C24H28ClN5O2/c1-16-14-31-10-8-29(16)23-20-6-7-21(19-5-3-4-18(12-19)13-25)26-22(20)27-24(28-23)30-9-11-32-15-17(30)2/h3-7,12,16-17H,8-11,13-15H2,1-2H3/t16-,17-/m0/s1. The molecule has 2 aromatic heterocycles. The molecule has 2 aliphatic rings. The summed E-state index contributed by atoms with van der Waals surface area (Å²) in [6.07, 6.45) is 0. The lowest BCUT2D eigenvalue weighted by atomic mass is 10.1. The second-order valence-electron chi connectivity index (χ2n) is 8.48. The van der Waals surface area contributed by atoms with E-state index in [1.54, 1.807) is 0 Å². The van der Waals surface area contributed by atoms with E-state index < -0.39 is 0 Å². The first kappa shape index (κ1) is 21.4. The molecule has 7 nitrogen and oxygen atoms in total. The first-order chi connectivity index (χ1) is 15.6. The van der Waals surface area contributed by atoms with Gasteiger partial charge in [-0.3, -0.25) is 0 Å². The SMILES string of the molecule is C[C@H]1COCCN1c1nc(N2CCOC[C@@H]2C)c2ccc(-c3cccc(CCl)c3)nc2n1. The van der Waals surface area contributed by atoms with Crippen molar-refractivity contribution in [2.45, 2.75) is 31.8 Å². The number of aromatic nitrogens is 3. The fourth-order valence-electron chi connectivity index (χ4n) is 4.37. The number of morpholine rings is 2. The lowest BCUT2D eigenvalue weighted by Crippen LogP contribution is -2.46. The van der Waals surface area contributed by atoms with Crippen LogP contribution in [0.3, 0.4) is 0 Å². The van der Waals surface area contributed by atoms with Gasteiger partial charge in [-0.15, -0.1) is 11.6 Å². The molecule has 2 fully saturated rings. The molecule has 0 amide bonds. The van der Waals surface area contributed by atoms with Crippen molar-refractivity contribution in [3.05, 3.63) is 42.0 Å². The van der Waals surface area contributed by atoms with Crippen LogP contribution in [0.5, 0.6) is 0 Å². The third-order valence-electron chi connectivity index (χ3n) is 6.17. The minimum Gasteiger partial charge on any atom is -0.377 e. The number of nitrogens with zero attached hydrogens (tertiary/aromatic N) is 5. The minimum absolute atomic E-state index is 0.208. The van der Waals surface area contributed by atoms with Gasteiger partial charge in [0.2, 0.25) is 5.95 Å². The summed E-state index contributed by atoms with van der Waals surface area (Å²) in [6.45, 7) is 8.60. The van der Waals surface area contributed by atoms with Gasteiger partial charge in [-0.25, -0.2) is 4.98 Å². The molecule has 1 aromatic carbocycles. The lowest BCUT2D eigenvalue weighted by molar-refractivity contribution is 0.0973. The zero-order valence-corrected chi connectivity index (χ0v) is 19.3. The monoisotopic (exact) mass is 453 g/mol. The Morgan fingerprint density at radius 3 is 2.41 bits per heavy atom. The Hall–Kier alpha value is -2.48. The van der Waals surface area contributed by atoms with Crippen molar-refractivity contribution in [1.29, 1.82) is 0 Å². The summed E-state index contributed by atoms with van der Waals surface area (Å²) in [4.78, 5) is 19.5. The summed E-state index contributed by atoms with van der Waals surface area (Å²) in [6, 6.07) is 12.8. The molecule has 32 heavy (non-hydrogen) atoms. The second kappa shape index (κ2) is 9.17. The van der Waals surface area contributed by atoms with E-state index in [4.69, 9.17) is 36.0 Å². The highest BCUT2D eigenvalue weighted by Crippen LogP contribution is 2.31. The molecule has 8 heteroatoms. The zero-order valence-electron chi connectivity index (χ0n) is 18.5. The molecule has 2 saturated heterocycles. The maximum absolute atomic E-state index is 6.05. The second-order valence-corrected chi connectivity index (χ2v) is 8.75. The van der Waals surface area contributed by atoms with Crippen molar-refractivity contribution in [1.82, 2.24) is 15.0 Å². The van der Waals surface area contributed by atoms with E-state index >= 15 is 0 Å². The summed E-state index contributed by atoms with van der Waals surface area (Å²) in [5.41, 5.74) is 3.69. The molecule has 0 N–H and O–H groups in total. The smallest absolute Gasteiger partial charge is 0.229 e. The normalized spacial score (nSPS) is 21.8. The summed E-state index contributed by atoms with van der Waals surface area (Å²) in [5, 5.41) is 0.959. The third-order valence-corrected chi connectivity index (χ3v) is 6.48. The Balaban J connectivity index is 1.65. The topological polar surface area (TPSA) is 63.6 Å². The highest BCUT2D eigenvalue weighted by Gasteiger charge is 2.27. The van der Waals surface area contributed by atoms with Gasteiger partial charge in [0.05, 0.1) is 49.6 Å². The number of alkyl halides is 1. The number of anilines is 2. The van der Waals surface area contributed by atoms with Gasteiger partial charge in [0.15, 0.2) is 5.65 Å². The number of pyridine rings is 1. The Morgan fingerprint density at radius 2 is 1.69 bits per heavy atom.